The molecule has 0 saturated carbocycles. The molecule has 1 aromatic carbocycles. The van der Waals surface area contributed by atoms with Gasteiger partial charge in [0.15, 0.2) is 4.32 Å². The summed E-state index contributed by atoms with van der Waals surface area (Å²) in [5.41, 5.74) is 1.54. The van der Waals surface area contributed by atoms with E-state index in [0.717, 1.165) is 5.56 Å². The standard InChI is InChI=1S/C14H14BrNO3/c1-13(2,3)8-4-6-9(7-5-8)14(15)10(17)11(18)16-12(14)19/h4-7H,1-3H3,(H,16,18,19). The lowest BCUT2D eigenvalue weighted by Gasteiger charge is -2.21. The van der Waals surface area contributed by atoms with Crippen molar-refractivity contribution in [3.63, 3.8) is 0 Å². The van der Waals surface area contributed by atoms with E-state index in [-0.39, 0.29) is 5.41 Å². The first kappa shape index (κ1) is 13.9. The van der Waals surface area contributed by atoms with Gasteiger partial charge in [-0.1, -0.05) is 61.0 Å². The maximum atomic E-state index is 11.8. The molecule has 1 saturated heterocycles. The molecule has 100 valence electrons. The van der Waals surface area contributed by atoms with Crippen LogP contribution in [0.2, 0.25) is 0 Å². The summed E-state index contributed by atoms with van der Waals surface area (Å²) in [4.78, 5) is 34.9. The topological polar surface area (TPSA) is 63.2 Å². The van der Waals surface area contributed by atoms with Crippen molar-refractivity contribution in [2.24, 2.45) is 0 Å². The highest BCUT2D eigenvalue weighted by molar-refractivity contribution is 9.10. The van der Waals surface area contributed by atoms with E-state index < -0.39 is 21.9 Å². The average molecular weight is 324 g/mol. The van der Waals surface area contributed by atoms with Gasteiger partial charge in [0.05, 0.1) is 0 Å². The lowest BCUT2D eigenvalue weighted by Crippen LogP contribution is -2.33. The zero-order valence-electron chi connectivity index (χ0n) is 10.9. The number of imide groups is 1. The second kappa shape index (κ2) is 4.27. The lowest BCUT2D eigenvalue weighted by atomic mass is 9.85. The predicted octanol–water partition coefficient (Wildman–Crippen LogP) is 1.80. The third kappa shape index (κ3) is 2.12. The van der Waals surface area contributed by atoms with E-state index in [1.165, 1.54) is 0 Å². The van der Waals surface area contributed by atoms with Crippen molar-refractivity contribution in [2.45, 2.75) is 30.5 Å². The number of halogens is 1. The van der Waals surface area contributed by atoms with Gasteiger partial charge < -0.3 is 0 Å². The first-order chi connectivity index (χ1) is 8.67. The molecule has 1 heterocycles. The Balaban J connectivity index is 2.46. The van der Waals surface area contributed by atoms with Crippen LogP contribution in [-0.2, 0) is 24.1 Å². The van der Waals surface area contributed by atoms with Crippen molar-refractivity contribution in [3.05, 3.63) is 35.4 Å². The summed E-state index contributed by atoms with van der Waals surface area (Å²) in [7, 11) is 0. The smallest absolute Gasteiger partial charge is 0.288 e. The molecule has 0 spiro atoms. The summed E-state index contributed by atoms with van der Waals surface area (Å²) in [6.07, 6.45) is 0. The van der Waals surface area contributed by atoms with Crippen molar-refractivity contribution < 1.29 is 14.4 Å². The maximum absolute atomic E-state index is 11.8. The number of nitrogens with one attached hydrogen (secondary N) is 1. The van der Waals surface area contributed by atoms with Gasteiger partial charge >= 0.3 is 0 Å². The number of hydrogen-bond acceptors (Lipinski definition) is 3. The van der Waals surface area contributed by atoms with Gasteiger partial charge in [-0.2, -0.15) is 0 Å². The van der Waals surface area contributed by atoms with Crippen molar-refractivity contribution in [1.82, 2.24) is 5.32 Å². The van der Waals surface area contributed by atoms with E-state index in [4.69, 9.17) is 0 Å². The van der Waals surface area contributed by atoms with Gasteiger partial charge in [0.1, 0.15) is 0 Å². The second-order valence-corrected chi connectivity index (χ2v) is 6.79. The fourth-order valence-corrected chi connectivity index (χ4v) is 2.51. The fraction of sp³-hybridized carbons (Fsp3) is 0.357. The second-order valence-electron chi connectivity index (χ2n) is 5.60. The number of alkyl halides is 1. The first-order valence-corrected chi connectivity index (χ1v) is 6.67. The molecule has 1 aliphatic rings. The number of carbonyl (C=O) groups excluding carboxylic acids is 3. The Labute approximate surface area is 119 Å². The number of Topliss-reactive ketones (excluding diaryl/α,β-unsaturated/α-hetero) is 1. The summed E-state index contributed by atoms with van der Waals surface area (Å²) in [6, 6.07) is 7.13. The molecule has 1 N–H and O–H groups in total. The molecule has 1 fully saturated rings. The Morgan fingerprint density at radius 2 is 1.58 bits per heavy atom. The van der Waals surface area contributed by atoms with Crippen LogP contribution in [0.15, 0.2) is 24.3 Å². The van der Waals surface area contributed by atoms with Gasteiger partial charge in [-0.25, -0.2) is 0 Å². The Morgan fingerprint density at radius 3 is 1.95 bits per heavy atom. The molecule has 1 aromatic rings. The summed E-state index contributed by atoms with van der Waals surface area (Å²) in [6.45, 7) is 6.22. The molecule has 5 heteroatoms. The number of rotatable bonds is 1. The van der Waals surface area contributed by atoms with Crippen LogP contribution in [0.25, 0.3) is 0 Å². The molecule has 2 amide bonds. The largest absolute Gasteiger partial charge is 0.296 e. The molecule has 1 aliphatic heterocycles. The van der Waals surface area contributed by atoms with Crippen LogP contribution in [-0.4, -0.2) is 17.6 Å². The van der Waals surface area contributed by atoms with Gasteiger partial charge in [-0.15, -0.1) is 0 Å². The Kier molecular flexibility index (Phi) is 3.13. The SMILES string of the molecule is CC(C)(C)c1ccc(C2(Br)C(=O)NC(=O)C2=O)cc1. The first-order valence-electron chi connectivity index (χ1n) is 5.87. The maximum Gasteiger partial charge on any atom is 0.296 e. The monoisotopic (exact) mass is 323 g/mol. The highest BCUT2D eigenvalue weighted by Gasteiger charge is 2.54. The van der Waals surface area contributed by atoms with Crippen molar-refractivity contribution in [2.75, 3.05) is 0 Å². The van der Waals surface area contributed by atoms with Gasteiger partial charge in [-0.05, 0) is 16.5 Å². The van der Waals surface area contributed by atoms with Crippen molar-refractivity contribution >= 4 is 33.5 Å². The van der Waals surface area contributed by atoms with Crippen LogP contribution in [0.4, 0.5) is 0 Å². The third-order valence-corrected chi connectivity index (χ3v) is 4.39. The molecule has 0 aromatic heterocycles. The van der Waals surface area contributed by atoms with Gasteiger partial charge in [0.25, 0.3) is 17.6 Å². The van der Waals surface area contributed by atoms with E-state index in [1.807, 2.05) is 17.4 Å². The number of amides is 2. The zero-order chi connectivity index (χ0) is 14.4. The molecule has 1 atom stereocenters. The molecule has 0 radical (unpaired) electrons. The average Bonchev–Trinajstić information content (AvgIpc) is 2.53. The highest BCUT2D eigenvalue weighted by Crippen LogP contribution is 2.37. The number of carbonyl (C=O) groups is 3. The zero-order valence-corrected chi connectivity index (χ0v) is 12.5. The quantitative estimate of drug-likeness (QED) is 0.371. The van der Waals surface area contributed by atoms with Crippen molar-refractivity contribution in [3.8, 4) is 0 Å². The molecule has 19 heavy (non-hydrogen) atoms. The minimum atomic E-state index is -1.58. The third-order valence-electron chi connectivity index (χ3n) is 3.21. The normalized spacial score (nSPS) is 23.7. The minimum absolute atomic E-state index is 0.0181. The predicted molar refractivity (Wildman–Crippen MR) is 73.9 cm³/mol. The summed E-state index contributed by atoms with van der Waals surface area (Å²) < 4.78 is -1.58. The molecular weight excluding hydrogens is 310 g/mol. The molecule has 1 unspecified atom stereocenters. The molecule has 0 aliphatic carbocycles. The molecule has 2 rings (SSSR count). The van der Waals surface area contributed by atoms with E-state index in [9.17, 15) is 14.4 Å². The van der Waals surface area contributed by atoms with E-state index >= 15 is 0 Å². The number of benzene rings is 1. The van der Waals surface area contributed by atoms with Crippen LogP contribution < -0.4 is 5.32 Å². The minimum Gasteiger partial charge on any atom is -0.288 e. The highest BCUT2D eigenvalue weighted by atomic mass is 79.9. The summed E-state index contributed by atoms with van der Waals surface area (Å²) >= 11 is 3.12. The Bertz CT molecular complexity index is 571. The molecule has 0 bridgehead atoms. The Morgan fingerprint density at radius 1 is 1.05 bits per heavy atom. The van der Waals surface area contributed by atoms with E-state index in [1.54, 1.807) is 12.1 Å². The van der Waals surface area contributed by atoms with E-state index in [0.29, 0.717) is 5.56 Å². The van der Waals surface area contributed by atoms with Crippen LogP contribution in [0, 0.1) is 0 Å². The van der Waals surface area contributed by atoms with Crippen LogP contribution in [0.5, 0.6) is 0 Å². The number of hydrogen-bond donors (Lipinski definition) is 1. The van der Waals surface area contributed by atoms with Crippen molar-refractivity contribution in [1.29, 1.82) is 0 Å². The Hall–Kier alpha value is -1.49. The van der Waals surface area contributed by atoms with Gasteiger partial charge in [0, 0.05) is 0 Å². The van der Waals surface area contributed by atoms with E-state index in [2.05, 4.69) is 36.7 Å². The van der Waals surface area contributed by atoms with Crippen LogP contribution in [0.1, 0.15) is 31.9 Å². The lowest BCUT2D eigenvalue weighted by molar-refractivity contribution is -0.135. The fourth-order valence-electron chi connectivity index (χ4n) is 1.97. The van der Waals surface area contributed by atoms with Crippen LogP contribution in [0.3, 0.4) is 0 Å². The summed E-state index contributed by atoms with van der Waals surface area (Å²) in [5, 5.41) is 2.03. The number of ketones is 1. The van der Waals surface area contributed by atoms with Gasteiger partial charge in [-0.3, -0.25) is 19.7 Å². The molecule has 4 nitrogen and oxygen atoms in total. The molecular formula is C14H14BrNO3. The van der Waals surface area contributed by atoms with Gasteiger partial charge in [0.2, 0.25) is 0 Å². The van der Waals surface area contributed by atoms with Crippen LogP contribution >= 0.6 is 15.9 Å². The summed E-state index contributed by atoms with van der Waals surface area (Å²) in [5.74, 6) is -2.28.